The van der Waals surface area contributed by atoms with Crippen molar-refractivity contribution < 1.29 is 14.1 Å². The molecule has 18 heavy (non-hydrogen) atoms. The third-order valence-corrected chi connectivity index (χ3v) is 2.77. The molecule has 0 aliphatic heterocycles. The summed E-state index contributed by atoms with van der Waals surface area (Å²) in [5.41, 5.74) is 0.432. The Hall–Kier alpha value is -1.82. The largest absolute Gasteiger partial charge is 0.496 e. The van der Waals surface area contributed by atoms with Gasteiger partial charge < -0.3 is 14.6 Å². The van der Waals surface area contributed by atoms with Crippen LogP contribution in [0.1, 0.15) is 16.1 Å². The van der Waals surface area contributed by atoms with E-state index in [0.717, 1.165) is 4.47 Å². The number of benzene rings is 1. The molecule has 0 spiro atoms. The molecular weight excluding hydrogens is 300 g/mol. The van der Waals surface area contributed by atoms with Gasteiger partial charge in [0.1, 0.15) is 11.5 Å². The number of amides is 1. The fourth-order valence-electron chi connectivity index (χ4n) is 1.46. The van der Waals surface area contributed by atoms with Gasteiger partial charge >= 0.3 is 0 Å². The molecule has 1 heterocycles. The summed E-state index contributed by atoms with van der Waals surface area (Å²) in [5, 5.41) is 6.33. The summed E-state index contributed by atoms with van der Waals surface area (Å²) in [7, 11) is 1.51. The van der Waals surface area contributed by atoms with Crippen LogP contribution in [0, 0.1) is 6.92 Å². The van der Waals surface area contributed by atoms with Crippen LogP contribution < -0.4 is 10.1 Å². The predicted molar refractivity (Wildman–Crippen MR) is 69.9 cm³/mol. The lowest BCUT2D eigenvalue weighted by Gasteiger charge is -2.07. The number of halogens is 1. The monoisotopic (exact) mass is 310 g/mol. The molecule has 1 aromatic carbocycles. The van der Waals surface area contributed by atoms with E-state index < -0.39 is 0 Å². The second-order valence-electron chi connectivity index (χ2n) is 3.62. The second kappa shape index (κ2) is 5.22. The standard InChI is InChI=1S/C12H11BrN2O3/c1-7-5-11(15-18-7)14-12(16)9-4-3-8(13)6-10(9)17-2/h3-6H,1-2H3,(H,14,15,16). The summed E-state index contributed by atoms with van der Waals surface area (Å²) in [6, 6.07) is 6.81. The van der Waals surface area contributed by atoms with Crippen molar-refractivity contribution in [3.8, 4) is 5.75 Å². The molecule has 0 saturated heterocycles. The minimum Gasteiger partial charge on any atom is -0.496 e. The molecule has 2 rings (SSSR count). The maximum atomic E-state index is 12.0. The first kappa shape index (κ1) is 12.6. The van der Waals surface area contributed by atoms with Crippen molar-refractivity contribution in [3.63, 3.8) is 0 Å². The highest BCUT2D eigenvalue weighted by molar-refractivity contribution is 9.10. The third kappa shape index (κ3) is 2.70. The molecule has 2 aromatic rings. The minimum atomic E-state index is -0.298. The second-order valence-corrected chi connectivity index (χ2v) is 4.54. The Morgan fingerprint density at radius 3 is 2.83 bits per heavy atom. The zero-order valence-corrected chi connectivity index (χ0v) is 11.4. The highest BCUT2D eigenvalue weighted by Crippen LogP contribution is 2.24. The number of aromatic nitrogens is 1. The summed E-state index contributed by atoms with van der Waals surface area (Å²) in [5.74, 6) is 1.20. The van der Waals surface area contributed by atoms with Gasteiger partial charge in [0.25, 0.3) is 5.91 Å². The molecule has 0 radical (unpaired) electrons. The van der Waals surface area contributed by atoms with Crippen molar-refractivity contribution in [3.05, 3.63) is 40.1 Å². The number of nitrogens with one attached hydrogen (secondary N) is 1. The van der Waals surface area contributed by atoms with Gasteiger partial charge in [0.15, 0.2) is 5.82 Å². The molecule has 0 atom stereocenters. The van der Waals surface area contributed by atoms with E-state index in [-0.39, 0.29) is 5.91 Å². The fraction of sp³-hybridized carbons (Fsp3) is 0.167. The molecule has 0 unspecified atom stereocenters. The molecule has 0 aliphatic rings. The summed E-state index contributed by atoms with van der Waals surface area (Å²) in [6.07, 6.45) is 0. The summed E-state index contributed by atoms with van der Waals surface area (Å²) >= 11 is 3.32. The molecule has 0 fully saturated rings. The topological polar surface area (TPSA) is 64.4 Å². The molecule has 1 aromatic heterocycles. The van der Waals surface area contributed by atoms with Gasteiger partial charge in [0, 0.05) is 10.5 Å². The third-order valence-electron chi connectivity index (χ3n) is 2.28. The number of anilines is 1. The Labute approximate surface area is 112 Å². The van der Waals surface area contributed by atoms with Crippen molar-refractivity contribution in [1.82, 2.24) is 5.16 Å². The molecule has 94 valence electrons. The molecule has 0 aliphatic carbocycles. The van der Waals surface area contributed by atoms with Gasteiger partial charge in [0.2, 0.25) is 0 Å². The van der Waals surface area contributed by atoms with Gasteiger partial charge in [-0.1, -0.05) is 21.1 Å². The molecule has 1 N–H and O–H groups in total. The quantitative estimate of drug-likeness (QED) is 0.946. The Morgan fingerprint density at radius 2 is 2.22 bits per heavy atom. The normalized spacial score (nSPS) is 10.2. The first-order valence-electron chi connectivity index (χ1n) is 5.18. The van der Waals surface area contributed by atoms with Gasteiger partial charge in [-0.25, -0.2) is 0 Å². The minimum absolute atomic E-state index is 0.298. The maximum absolute atomic E-state index is 12.0. The number of nitrogens with zero attached hydrogens (tertiary/aromatic N) is 1. The number of aryl methyl sites for hydroxylation is 1. The van der Waals surface area contributed by atoms with Crippen LogP contribution >= 0.6 is 15.9 Å². The SMILES string of the molecule is COc1cc(Br)ccc1C(=O)Nc1cc(C)on1. The fourth-order valence-corrected chi connectivity index (χ4v) is 1.80. The summed E-state index contributed by atoms with van der Waals surface area (Å²) in [6.45, 7) is 1.75. The summed E-state index contributed by atoms with van der Waals surface area (Å²) in [4.78, 5) is 12.0. The number of ether oxygens (including phenoxy) is 1. The van der Waals surface area contributed by atoms with E-state index in [2.05, 4.69) is 26.4 Å². The first-order chi connectivity index (χ1) is 8.60. The average Bonchev–Trinajstić information content (AvgIpc) is 2.74. The summed E-state index contributed by atoms with van der Waals surface area (Å²) < 4.78 is 10.9. The number of rotatable bonds is 3. The van der Waals surface area contributed by atoms with E-state index in [9.17, 15) is 4.79 Å². The first-order valence-corrected chi connectivity index (χ1v) is 5.97. The van der Waals surface area contributed by atoms with Crippen molar-refractivity contribution in [2.75, 3.05) is 12.4 Å². The number of methoxy groups -OCH3 is 1. The van der Waals surface area contributed by atoms with E-state index in [0.29, 0.717) is 22.9 Å². The maximum Gasteiger partial charge on any atom is 0.260 e. The van der Waals surface area contributed by atoms with Crippen LogP contribution in [0.25, 0.3) is 0 Å². The van der Waals surface area contributed by atoms with Crippen LogP contribution in [0.5, 0.6) is 5.75 Å². The molecular formula is C12H11BrN2O3. The van der Waals surface area contributed by atoms with Gasteiger partial charge in [-0.05, 0) is 25.1 Å². The molecule has 0 saturated carbocycles. The highest BCUT2D eigenvalue weighted by Gasteiger charge is 2.14. The van der Waals surface area contributed by atoms with Gasteiger partial charge in [-0.3, -0.25) is 4.79 Å². The van der Waals surface area contributed by atoms with E-state index >= 15 is 0 Å². The van der Waals surface area contributed by atoms with Crippen molar-refractivity contribution >= 4 is 27.7 Å². The number of hydrogen-bond acceptors (Lipinski definition) is 4. The van der Waals surface area contributed by atoms with Crippen molar-refractivity contribution in [2.24, 2.45) is 0 Å². The van der Waals surface area contributed by atoms with Crippen molar-refractivity contribution in [2.45, 2.75) is 6.92 Å². The predicted octanol–water partition coefficient (Wildman–Crippen LogP) is 3.01. The van der Waals surface area contributed by atoms with Crippen LogP contribution in [0.4, 0.5) is 5.82 Å². The molecule has 0 bridgehead atoms. The Morgan fingerprint density at radius 1 is 1.44 bits per heavy atom. The Kier molecular flexibility index (Phi) is 3.66. The van der Waals surface area contributed by atoms with Gasteiger partial charge in [-0.15, -0.1) is 0 Å². The van der Waals surface area contributed by atoms with E-state index in [1.54, 1.807) is 31.2 Å². The van der Waals surface area contributed by atoms with Gasteiger partial charge in [-0.2, -0.15) is 0 Å². The van der Waals surface area contributed by atoms with Crippen molar-refractivity contribution in [1.29, 1.82) is 0 Å². The van der Waals surface area contributed by atoms with Gasteiger partial charge in [0.05, 0.1) is 12.7 Å². The average molecular weight is 311 g/mol. The lowest BCUT2D eigenvalue weighted by Crippen LogP contribution is -2.13. The van der Waals surface area contributed by atoms with Crippen LogP contribution in [0.15, 0.2) is 33.3 Å². The van der Waals surface area contributed by atoms with Crippen LogP contribution in [-0.2, 0) is 0 Å². The Bertz CT molecular complexity index is 580. The lowest BCUT2D eigenvalue weighted by molar-refractivity contribution is 0.102. The van der Waals surface area contributed by atoms with Crippen LogP contribution in [-0.4, -0.2) is 18.2 Å². The Balaban J connectivity index is 2.23. The number of hydrogen-bond donors (Lipinski definition) is 1. The molecule has 6 heteroatoms. The zero-order valence-electron chi connectivity index (χ0n) is 9.86. The number of carbonyl (C=O) groups is 1. The zero-order chi connectivity index (χ0) is 13.1. The van der Waals surface area contributed by atoms with E-state index in [1.165, 1.54) is 7.11 Å². The van der Waals surface area contributed by atoms with E-state index in [4.69, 9.17) is 9.26 Å². The molecule has 1 amide bonds. The lowest BCUT2D eigenvalue weighted by atomic mass is 10.2. The molecule has 5 nitrogen and oxygen atoms in total. The van der Waals surface area contributed by atoms with Crippen LogP contribution in [0.2, 0.25) is 0 Å². The highest BCUT2D eigenvalue weighted by atomic mass is 79.9. The smallest absolute Gasteiger partial charge is 0.260 e. The number of carbonyl (C=O) groups excluding carboxylic acids is 1. The van der Waals surface area contributed by atoms with E-state index in [1.807, 2.05) is 0 Å². The van der Waals surface area contributed by atoms with Crippen LogP contribution in [0.3, 0.4) is 0 Å².